The molecule has 0 aliphatic rings. The average Bonchev–Trinajstić information content (AvgIpc) is 1.94. The van der Waals surface area contributed by atoms with Crippen LogP contribution in [0.5, 0.6) is 0 Å². The van der Waals surface area contributed by atoms with Crippen LogP contribution < -0.4 is 5.73 Å². The fraction of sp³-hybridized carbons (Fsp3) is 0.400. The van der Waals surface area contributed by atoms with Gasteiger partial charge in [0.15, 0.2) is 0 Å². The molecular weight excluding hydrogens is 134 g/mol. The van der Waals surface area contributed by atoms with E-state index in [1.807, 2.05) is 19.1 Å². The third-order valence-corrected chi connectivity index (χ3v) is 1.93. The summed E-state index contributed by atoms with van der Waals surface area (Å²) in [6.07, 6.45) is 0. The molecule has 1 N–H and O–H groups in total. The zero-order chi connectivity index (χ0) is 8.43. The predicted octanol–water partition coefficient (Wildman–Crippen LogP) is 3.03. The van der Waals surface area contributed by atoms with E-state index in [1.165, 1.54) is 5.56 Å². The first kappa shape index (κ1) is 8.12. The van der Waals surface area contributed by atoms with Gasteiger partial charge in [-0.15, -0.1) is 0 Å². The van der Waals surface area contributed by atoms with Gasteiger partial charge in [0.05, 0.1) is 5.69 Å². The van der Waals surface area contributed by atoms with Crippen LogP contribution >= 0.6 is 0 Å². The van der Waals surface area contributed by atoms with Crippen LogP contribution in [0.15, 0.2) is 18.2 Å². The maximum absolute atomic E-state index is 7.55. The largest absolute Gasteiger partial charge is 0.301 e. The summed E-state index contributed by atoms with van der Waals surface area (Å²) in [6.45, 7) is 6.25. The first-order valence-corrected chi connectivity index (χ1v) is 3.93. The van der Waals surface area contributed by atoms with Gasteiger partial charge in [-0.1, -0.05) is 26.0 Å². The molecule has 0 fully saturated rings. The van der Waals surface area contributed by atoms with Crippen molar-refractivity contribution in [2.24, 2.45) is 0 Å². The minimum atomic E-state index is 0.527. The number of aryl methyl sites for hydroxylation is 1. The van der Waals surface area contributed by atoms with E-state index in [2.05, 4.69) is 19.9 Å². The standard InChI is InChI=1S/C10H14N/c1-7(2)9-5-4-8(3)10(11)6-9/h4-7,11H,1-3H3. The molecule has 59 valence electrons. The Morgan fingerprint density at radius 2 is 1.91 bits per heavy atom. The number of benzene rings is 1. The van der Waals surface area contributed by atoms with E-state index in [1.54, 1.807) is 0 Å². The van der Waals surface area contributed by atoms with Crippen LogP contribution in [0, 0.1) is 6.92 Å². The van der Waals surface area contributed by atoms with E-state index in [-0.39, 0.29) is 0 Å². The van der Waals surface area contributed by atoms with Gasteiger partial charge >= 0.3 is 0 Å². The highest BCUT2D eigenvalue weighted by Crippen LogP contribution is 2.20. The van der Waals surface area contributed by atoms with E-state index >= 15 is 0 Å². The van der Waals surface area contributed by atoms with E-state index in [0.29, 0.717) is 11.6 Å². The van der Waals surface area contributed by atoms with Gasteiger partial charge in [0.1, 0.15) is 0 Å². The molecule has 0 aliphatic carbocycles. The minimum absolute atomic E-state index is 0.527. The summed E-state index contributed by atoms with van der Waals surface area (Å²) in [5, 5.41) is 0. The molecule has 0 aliphatic heterocycles. The highest BCUT2D eigenvalue weighted by Gasteiger charge is 2.00. The van der Waals surface area contributed by atoms with Crippen molar-refractivity contribution in [2.75, 3.05) is 0 Å². The Morgan fingerprint density at radius 1 is 1.27 bits per heavy atom. The molecule has 1 nitrogen and oxygen atoms in total. The van der Waals surface area contributed by atoms with Crippen molar-refractivity contribution >= 4 is 5.69 Å². The Balaban J connectivity index is 3.05. The molecule has 0 heterocycles. The van der Waals surface area contributed by atoms with Crippen molar-refractivity contribution in [3.8, 4) is 0 Å². The fourth-order valence-electron chi connectivity index (χ4n) is 0.999. The Kier molecular flexibility index (Phi) is 2.18. The molecule has 1 rings (SSSR count). The molecule has 1 aromatic rings. The fourth-order valence-corrected chi connectivity index (χ4v) is 0.999. The van der Waals surface area contributed by atoms with E-state index in [4.69, 9.17) is 5.73 Å². The summed E-state index contributed by atoms with van der Waals surface area (Å²) < 4.78 is 0. The number of rotatable bonds is 1. The topological polar surface area (TPSA) is 23.8 Å². The monoisotopic (exact) mass is 148 g/mol. The summed E-state index contributed by atoms with van der Waals surface area (Å²) in [7, 11) is 0. The van der Waals surface area contributed by atoms with Crippen molar-refractivity contribution in [3.63, 3.8) is 0 Å². The summed E-state index contributed by atoms with van der Waals surface area (Å²) in [5.74, 6) is 0.527. The van der Waals surface area contributed by atoms with Crippen molar-refractivity contribution in [2.45, 2.75) is 26.7 Å². The lowest BCUT2D eigenvalue weighted by atomic mass is 10.0. The first-order valence-electron chi connectivity index (χ1n) is 3.93. The van der Waals surface area contributed by atoms with Crippen LogP contribution in [-0.2, 0) is 0 Å². The third-order valence-electron chi connectivity index (χ3n) is 1.93. The average molecular weight is 148 g/mol. The Labute approximate surface area is 68.2 Å². The molecule has 0 spiro atoms. The maximum Gasteiger partial charge on any atom is 0.0571 e. The second-order valence-corrected chi connectivity index (χ2v) is 3.23. The molecule has 0 unspecified atom stereocenters. The van der Waals surface area contributed by atoms with Crippen LogP contribution in [0.25, 0.3) is 0 Å². The zero-order valence-corrected chi connectivity index (χ0v) is 7.31. The second kappa shape index (κ2) is 2.95. The van der Waals surface area contributed by atoms with Crippen LogP contribution in [0.4, 0.5) is 5.69 Å². The van der Waals surface area contributed by atoms with Gasteiger partial charge in [-0.2, -0.15) is 0 Å². The van der Waals surface area contributed by atoms with Gasteiger partial charge in [0.25, 0.3) is 0 Å². The van der Waals surface area contributed by atoms with Gasteiger partial charge in [0.2, 0.25) is 0 Å². The van der Waals surface area contributed by atoms with Crippen LogP contribution in [0.2, 0.25) is 0 Å². The van der Waals surface area contributed by atoms with Crippen molar-refractivity contribution in [1.29, 1.82) is 0 Å². The lowest BCUT2D eigenvalue weighted by Gasteiger charge is -2.06. The van der Waals surface area contributed by atoms with E-state index < -0.39 is 0 Å². The smallest absolute Gasteiger partial charge is 0.0571 e. The molecule has 0 amide bonds. The lowest BCUT2D eigenvalue weighted by Crippen LogP contribution is -1.88. The summed E-state index contributed by atoms with van der Waals surface area (Å²) in [5.41, 5.74) is 10.5. The molecular formula is C10H14N. The number of hydrogen-bond donors (Lipinski definition) is 0. The van der Waals surface area contributed by atoms with E-state index in [0.717, 1.165) is 5.56 Å². The predicted molar refractivity (Wildman–Crippen MR) is 48.0 cm³/mol. The molecule has 0 bridgehead atoms. The van der Waals surface area contributed by atoms with Gasteiger partial charge in [0, 0.05) is 0 Å². The second-order valence-electron chi connectivity index (χ2n) is 3.23. The molecule has 1 aromatic carbocycles. The van der Waals surface area contributed by atoms with Gasteiger partial charge in [-0.05, 0) is 30.0 Å². The van der Waals surface area contributed by atoms with Gasteiger partial charge < -0.3 is 5.73 Å². The first-order chi connectivity index (χ1) is 5.11. The van der Waals surface area contributed by atoms with Gasteiger partial charge in [-0.3, -0.25) is 0 Å². The van der Waals surface area contributed by atoms with Crippen molar-refractivity contribution in [3.05, 3.63) is 29.3 Å². The summed E-state index contributed by atoms with van der Waals surface area (Å²) in [6, 6.07) is 6.05. The molecule has 1 heteroatoms. The molecule has 1 radical (unpaired) electrons. The lowest BCUT2D eigenvalue weighted by molar-refractivity contribution is 0.866. The molecule has 0 saturated heterocycles. The highest BCUT2D eigenvalue weighted by molar-refractivity contribution is 5.45. The van der Waals surface area contributed by atoms with Crippen LogP contribution in [0.3, 0.4) is 0 Å². The third kappa shape index (κ3) is 1.73. The van der Waals surface area contributed by atoms with Crippen LogP contribution in [-0.4, -0.2) is 0 Å². The SMILES string of the molecule is Cc1ccc(C(C)C)cc1[NH]. The highest BCUT2D eigenvalue weighted by atomic mass is 14.6. The zero-order valence-electron chi connectivity index (χ0n) is 7.31. The number of nitrogens with one attached hydrogen (secondary N) is 1. The van der Waals surface area contributed by atoms with Gasteiger partial charge in [-0.25, -0.2) is 0 Å². The summed E-state index contributed by atoms with van der Waals surface area (Å²) >= 11 is 0. The molecule has 0 atom stereocenters. The Morgan fingerprint density at radius 3 is 2.36 bits per heavy atom. The molecule has 0 aromatic heterocycles. The Bertz CT molecular complexity index is 251. The van der Waals surface area contributed by atoms with E-state index in [9.17, 15) is 0 Å². The van der Waals surface area contributed by atoms with Crippen molar-refractivity contribution in [1.82, 2.24) is 5.73 Å². The maximum atomic E-state index is 7.55. The number of hydrogen-bond acceptors (Lipinski definition) is 0. The van der Waals surface area contributed by atoms with Crippen molar-refractivity contribution < 1.29 is 0 Å². The quantitative estimate of drug-likeness (QED) is 0.584. The molecule has 0 saturated carbocycles. The molecule has 11 heavy (non-hydrogen) atoms. The Hall–Kier alpha value is -0.980. The minimum Gasteiger partial charge on any atom is -0.301 e. The normalized spacial score (nSPS) is 10.5. The summed E-state index contributed by atoms with van der Waals surface area (Å²) in [4.78, 5) is 0. The van der Waals surface area contributed by atoms with Crippen LogP contribution in [0.1, 0.15) is 30.9 Å².